The molecule has 0 aliphatic carbocycles. The van der Waals surface area contributed by atoms with Crippen LogP contribution in [0.4, 0.5) is 11.4 Å². The average molecular weight is 424 g/mol. The second-order valence-corrected chi connectivity index (χ2v) is 8.37. The molecule has 0 saturated heterocycles. The maximum atomic E-state index is 12.7. The van der Waals surface area contributed by atoms with Crippen LogP contribution in [0.2, 0.25) is 0 Å². The lowest BCUT2D eigenvalue weighted by molar-refractivity contribution is 0.102. The van der Waals surface area contributed by atoms with Gasteiger partial charge in [0.15, 0.2) is 5.75 Å². The molecule has 0 fully saturated rings. The summed E-state index contributed by atoms with van der Waals surface area (Å²) in [5.74, 6) is 1.09. The van der Waals surface area contributed by atoms with Gasteiger partial charge in [0.1, 0.15) is 11.5 Å². The molecule has 2 N–H and O–H groups in total. The number of hydrogen-bond acceptors (Lipinski definition) is 5. The number of carbonyl (C=O) groups is 1. The van der Waals surface area contributed by atoms with Crippen molar-refractivity contribution in [1.29, 1.82) is 0 Å². The van der Waals surface area contributed by atoms with Gasteiger partial charge >= 0.3 is 0 Å². The summed E-state index contributed by atoms with van der Waals surface area (Å²) in [4.78, 5) is 12.7. The fraction of sp³-hybridized carbons (Fsp3) is 0.136. The Labute approximate surface area is 174 Å². The molecule has 7 nitrogen and oxygen atoms in total. The van der Waals surface area contributed by atoms with Gasteiger partial charge in [-0.15, -0.1) is 0 Å². The summed E-state index contributed by atoms with van der Waals surface area (Å²) < 4.78 is 39.3. The van der Waals surface area contributed by atoms with Gasteiger partial charge in [-0.05, 0) is 61.0 Å². The van der Waals surface area contributed by atoms with Crippen molar-refractivity contribution in [1.82, 2.24) is 0 Å². The molecule has 1 aliphatic heterocycles. The molecule has 4 rings (SSSR count). The van der Waals surface area contributed by atoms with Gasteiger partial charge in [-0.2, -0.15) is 0 Å². The molecule has 154 valence electrons. The monoisotopic (exact) mass is 424 g/mol. The maximum absolute atomic E-state index is 12.7. The molecule has 1 aliphatic rings. The molecule has 0 saturated carbocycles. The van der Waals surface area contributed by atoms with Crippen molar-refractivity contribution in [3.05, 3.63) is 72.3 Å². The van der Waals surface area contributed by atoms with Gasteiger partial charge in [0.25, 0.3) is 15.9 Å². The normalized spacial score (nSPS) is 12.6. The number of benzene rings is 3. The topological polar surface area (TPSA) is 93.7 Å². The van der Waals surface area contributed by atoms with Crippen LogP contribution in [-0.4, -0.2) is 20.9 Å². The number of hydrogen-bond donors (Lipinski definition) is 2. The summed E-state index contributed by atoms with van der Waals surface area (Å²) in [5, 5.41) is 2.77. The van der Waals surface area contributed by atoms with Crippen LogP contribution in [0.1, 0.15) is 23.7 Å². The zero-order valence-corrected chi connectivity index (χ0v) is 17.0. The van der Waals surface area contributed by atoms with E-state index in [-0.39, 0.29) is 22.1 Å². The third-order valence-corrected chi connectivity index (χ3v) is 5.84. The second-order valence-electron chi connectivity index (χ2n) is 6.69. The van der Waals surface area contributed by atoms with E-state index >= 15 is 0 Å². The molecule has 3 aromatic carbocycles. The number of carbonyl (C=O) groups excluding carboxylic acids is 1. The Balaban J connectivity index is 1.57. The highest BCUT2D eigenvalue weighted by Gasteiger charge is 2.22. The van der Waals surface area contributed by atoms with Crippen molar-refractivity contribution in [2.45, 2.75) is 18.2 Å². The van der Waals surface area contributed by atoms with E-state index in [1.54, 1.807) is 48.5 Å². The summed E-state index contributed by atoms with van der Waals surface area (Å²) in [6.07, 6.45) is 0.863. The van der Waals surface area contributed by atoms with Gasteiger partial charge in [0.2, 0.25) is 0 Å². The van der Waals surface area contributed by atoms with E-state index in [9.17, 15) is 13.2 Å². The molecule has 0 radical (unpaired) electrons. The fourth-order valence-corrected chi connectivity index (χ4v) is 4.03. The van der Waals surface area contributed by atoms with E-state index in [4.69, 9.17) is 9.47 Å². The van der Waals surface area contributed by atoms with E-state index < -0.39 is 10.0 Å². The zero-order chi connectivity index (χ0) is 21.1. The summed E-state index contributed by atoms with van der Waals surface area (Å²) in [7, 11) is -3.84. The van der Waals surface area contributed by atoms with Crippen molar-refractivity contribution >= 4 is 27.3 Å². The Morgan fingerprint density at radius 2 is 1.77 bits per heavy atom. The Hall–Kier alpha value is -3.52. The maximum Gasteiger partial charge on any atom is 0.261 e. The first kappa shape index (κ1) is 19.8. The quantitative estimate of drug-likeness (QED) is 0.602. The van der Waals surface area contributed by atoms with Crippen LogP contribution in [0, 0.1) is 0 Å². The summed E-state index contributed by atoms with van der Waals surface area (Å²) in [6, 6.07) is 17.8. The number of sulfonamides is 1. The minimum absolute atomic E-state index is 0.0920. The number of fused-ring (bicyclic) bond motifs is 2. The molecule has 1 amide bonds. The van der Waals surface area contributed by atoms with Crippen molar-refractivity contribution in [3.8, 4) is 17.2 Å². The van der Waals surface area contributed by atoms with Gasteiger partial charge in [-0.1, -0.05) is 19.1 Å². The molecule has 1 heterocycles. The van der Waals surface area contributed by atoms with Crippen LogP contribution in [-0.2, 0) is 10.0 Å². The Morgan fingerprint density at radius 3 is 2.53 bits per heavy atom. The Morgan fingerprint density at radius 1 is 1.00 bits per heavy atom. The van der Waals surface area contributed by atoms with Crippen molar-refractivity contribution in [2.24, 2.45) is 0 Å². The van der Waals surface area contributed by atoms with Crippen molar-refractivity contribution in [3.63, 3.8) is 0 Å². The molecule has 0 spiro atoms. The van der Waals surface area contributed by atoms with Gasteiger partial charge in [-0.3, -0.25) is 9.52 Å². The molecular weight excluding hydrogens is 404 g/mol. The van der Waals surface area contributed by atoms with Crippen LogP contribution < -0.4 is 19.5 Å². The summed E-state index contributed by atoms with van der Waals surface area (Å²) in [6.45, 7) is 2.56. The molecule has 0 atom stereocenters. The highest BCUT2D eigenvalue weighted by atomic mass is 32.2. The van der Waals surface area contributed by atoms with Crippen LogP contribution in [0.5, 0.6) is 17.2 Å². The standard InChI is InChI=1S/C22H20N2O5S/c1-2-13-28-16-8-10-17(11-9-16)30(26,27)24-15-7-12-20-18(14-15)22(25)23-19-5-3-4-6-21(19)29-20/h3-12,14,24H,2,13H2,1H3,(H,23,25). The van der Waals surface area contributed by atoms with E-state index in [0.29, 0.717) is 29.5 Å². The lowest BCUT2D eigenvalue weighted by atomic mass is 10.1. The predicted molar refractivity (Wildman–Crippen MR) is 114 cm³/mol. The second kappa shape index (κ2) is 8.08. The molecule has 8 heteroatoms. The number of rotatable bonds is 6. The van der Waals surface area contributed by atoms with Crippen molar-refractivity contribution < 1.29 is 22.7 Å². The number of para-hydroxylation sites is 2. The van der Waals surface area contributed by atoms with E-state index in [0.717, 1.165) is 6.42 Å². The molecule has 0 aromatic heterocycles. The third kappa shape index (κ3) is 4.08. The molecule has 3 aromatic rings. The number of nitrogens with one attached hydrogen (secondary N) is 2. The van der Waals surface area contributed by atoms with Gasteiger partial charge < -0.3 is 14.8 Å². The average Bonchev–Trinajstić information content (AvgIpc) is 2.88. The largest absolute Gasteiger partial charge is 0.494 e. The lowest BCUT2D eigenvalue weighted by Gasteiger charge is -2.12. The van der Waals surface area contributed by atoms with E-state index in [1.807, 2.05) is 6.92 Å². The van der Waals surface area contributed by atoms with Gasteiger partial charge in [-0.25, -0.2) is 8.42 Å². The Bertz CT molecular complexity index is 1190. The summed E-state index contributed by atoms with van der Waals surface area (Å²) in [5.41, 5.74) is 1.03. The van der Waals surface area contributed by atoms with Crippen molar-refractivity contribution in [2.75, 3.05) is 16.6 Å². The van der Waals surface area contributed by atoms with Crippen LogP contribution >= 0.6 is 0 Å². The summed E-state index contributed by atoms with van der Waals surface area (Å²) >= 11 is 0. The first-order chi connectivity index (χ1) is 14.5. The zero-order valence-electron chi connectivity index (χ0n) is 16.2. The first-order valence-electron chi connectivity index (χ1n) is 9.44. The van der Waals surface area contributed by atoms with Gasteiger partial charge in [0.05, 0.1) is 22.8 Å². The fourth-order valence-electron chi connectivity index (χ4n) is 2.98. The number of amides is 1. The number of ether oxygens (including phenoxy) is 2. The lowest BCUT2D eigenvalue weighted by Crippen LogP contribution is -2.14. The molecule has 0 bridgehead atoms. The van der Waals surface area contributed by atoms with Crippen LogP contribution in [0.3, 0.4) is 0 Å². The smallest absolute Gasteiger partial charge is 0.261 e. The van der Waals surface area contributed by atoms with E-state index in [2.05, 4.69) is 10.0 Å². The molecular formula is C22H20N2O5S. The molecule has 30 heavy (non-hydrogen) atoms. The highest BCUT2D eigenvalue weighted by molar-refractivity contribution is 7.92. The minimum atomic E-state index is -3.84. The SMILES string of the molecule is CCCOc1ccc(S(=O)(=O)Nc2ccc3c(c2)C(=O)Nc2ccccc2O3)cc1. The third-order valence-electron chi connectivity index (χ3n) is 4.44. The van der Waals surface area contributed by atoms with Crippen LogP contribution in [0.15, 0.2) is 71.6 Å². The predicted octanol–water partition coefficient (Wildman–Crippen LogP) is 4.63. The first-order valence-corrected chi connectivity index (χ1v) is 10.9. The van der Waals surface area contributed by atoms with Crippen LogP contribution in [0.25, 0.3) is 0 Å². The van der Waals surface area contributed by atoms with Gasteiger partial charge in [0, 0.05) is 5.69 Å². The molecule has 0 unspecified atom stereocenters. The minimum Gasteiger partial charge on any atom is -0.494 e. The van der Waals surface area contributed by atoms with E-state index in [1.165, 1.54) is 18.2 Å². The number of anilines is 2. The Kier molecular flexibility index (Phi) is 5.33. The highest BCUT2D eigenvalue weighted by Crippen LogP contribution is 2.36.